The molecule has 32 heavy (non-hydrogen) atoms. The Balaban J connectivity index is 1.64. The van der Waals surface area contributed by atoms with Crippen LogP contribution in [0.4, 0.5) is 5.69 Å². The largest absolute Gasteiger partial charge is 0.497 e. The molecule has 0 bridgehead atoms. The first-order valence-electron chi connectivity index (χ1n) is 10.6. The molecule has 0 spiro atoms. The number of benzene rings is 3. The van der Waals surface area contributed by atoms with Gasteiger partial charge in [0.15, 0.2) is 6.73 Å². The number of anilines is 1. The number of nitrogens with zero attached hydrogens (tertiary/aromatic N) is 1. The first-order chi connectivity index (χ1) is 15.4. The van der Waals surface area contributed by atoms with Crippen LogP contribution in [0.3, 0.4) is 0 Å². The van der Waals surface area contributed by atoms with E-state index in [1.807, 2.05) is 31.2 Å². The smallest absolute Gasteiger partial charge is 0.336 e. The monoisotopic (exact) mass is 427 g/mol. The van der Waals surface area contributed by atoms with E-state index in [-0.39, 0.29) is 5.63 Å². The van der Waals surface area contributed by atoms with Crippen LogP contribution in [0.15, 0.2) is 63.8 Å². The third-order valence-electron chi connectivity index (χ3n) is 5.99. The average Bonchev–Trinajstić information content (AvgIpc) is 2.78. The molecule has 4 aromatic rings. The van der Waals surface area contributed by atoms with Crippen molar-refractivity contribution in [1.82, 2.24) is 0 Å². The van der Waals surface area contributed by atoms with E-state index in [4.69, 9.17) is 13.9 Å². The molecule has 0 aliphatic carbocycles. The highest BCUT2D eigenvalue weighted by Gasteiger charge is 2.24. The zero-order chi connectivity index (χ0) is 22.4. The van der Waals surface area contributed by atoms with Gasteiger partial charge in [-0.1, -0.05) is 18.2 Å². The summed E-state index contributed by atoms with van der Waals surface area (Å²) in [7, 11) is 1.64. The van der Waals surface area contributed by atoms with Crippen LogP contribution in [-0.2, 0) is 6.54 Å². The lowest BCUT2D eigenvalue weighted by Crippen LogP contribution is -2.32. The third kappa shape index (κ3) is 3.50. The Morgan fingerprint density at radius 1 is 0.938 bits per heavy atom. The zero-order valence-electron chi connectivity index (χ0n) is 18.7. The highest BCUT2D eigenvalue weighted by Crippen LogP contribution is 2.39. The summed E-state index contributed by atoms with van der Waals surface area (Å²) in [6.07, 6.45) is 0. The van der Waals surface area contributed by atoms with Gasteiger partial charge in [0.25, 0.3) is 0 Å². The van der Waals surface area contributed by atoms with Gasteiger partial charge in [0.2, 0.25) is 0 Å². The second-order valence-electron chi connectivity index (χ2n) is 8.39. The van der Waals surface area contributed by atoms with Gasteiger partial charge in [-0.05, 0) is 73.4 Å². The van der Waals surface area contributed by atoms with Crippen molar-refractivity contribution in [2.24, 2.45) is 0 Å². The molecule has 0 atom stereocenters. The minimum atomic E-state index is -0.376. The van der Waals surface area contributed by atoms with Crippen molar-refractivity contribution >= 4 is 16.7 Å². The molecule has 1 aliphatic rings. The Morgan fingerprint density at radius 3 is 2.34 bits per heavy atom. The van der Waals surface area contributed by atoms with E-state index in [9.17, 15) is 4.79 Å². The fourth-order valence-corrected chi connectivity index (χ4v) is 4.53. The summed E-state index contributed by atoms with van der Waals surface area (Å²) in [5, 5.41) is 0.900. The summed E-state index contributed by atoms with van der Waals surface area (Å²) in [5.41, 5.74) is 7.49. The molecule has 1 aliphatic heterocycles. The Morgan fingerprint density at radius 2 is 1.66 bits per heavy atom. The Bertz CT molecular complexity index is 1370. The molecule has 5 nitrogen and oxygen atoms in total. The van der Waals surface area contributed by atoms with Crippen LogP contribution in [0.25, 0.3) is 22.1 Å². The molecular formula is C27H25NO4. The normalized spacial score (nSPS) is 13.1. The minimum Gasteiger partial charge on any atom is -0.497 e. The minimum absolute atomic E-state index is 0.376. The number of hydrogen-bond donors (Lipinski definition) is 0. The maximum absolute atomic E-state index is 12.4. The molecule has 0 saturated carbocycles. The molecule has 5 heteroatoms. The number of fused-ring (bicyclic) bond motifs is 2. The van der Waals surface area contributed by atoms with Crippen molar-refractivity contribution in [1.29, 1.82) is 0 Å². The molecule has 0 fully saturated rings. The summed E-state index contributed by atoms with van der Waals surface area (Å²) in [6, 6.07) is 17.9. The van der Waals surface area contributed by atoms with Crippen molar-refractivity contribution in [3.63, 3.8) is 0 Å². The van der Waals surface area contributed by atoms with Crippen molar-refractivity contribution < 1.29 is 13.9 Å². The van der Waals surface area contributed by atoms with E-state index >= 15 is 0 Å². The number of methoxy groups -OCH3 is 1. The predicted molar refractivity (Wildman–Crippen MR) is 127 cm³/mol. The quantitative estimate of drug-likeness (QED) is 0.390. The lowest BCUT2D eigenvalue weighted by Gasteiger charge is -2.32. The predicted octanol–water partition coefficient (Wildman–Crippen LogP) is 5.75. The average molecular weight is 428 g/mol. The molecule has 1 aromatic heterocycles. The molecule has 0 N–H and O–H groups in total. The molecule has 0 saturated heterocycles. The topological polar surface area (TPSA) is 51.9 Å². The van der Waals surface area contributed by atoms with Gasteiger partial charge in [-0.25, -0.2) is 4.79 Å². The van der Waals surface area contributed by atoms with Crippen LogP contribution in [0.5, 0.6) is 11.5 Å². The van der Waals surface area contributed by atoms with Crippen LogP contribution in [0, 0.1) is 20.8 Å². The van der Waals surface area contributed by atoms with Gasteiger partial charge in [0.05, 0.1) is 7.11 Å². The van der Waals surface area contributed by atoms with Gasteiger partial charge in [0.1, 0.15) is 17.1 Å². The number of rotatable bonds is 3. The van der Waals surface area contributed by atoms with Gasteiger partial charge in [0, 0.05) is 34.8 Å². The summed E-state index contributed by atoms with van der Waals surface area (Å²) in [5.74, 6) is 1.57. The third-order valence-corrected chi connectivity index (χ3v) is 5.99. The fraction of sp³-hybridized carbons (Fsp3) is 0.222. The number of hydrogen-bond acceptors (Lipinski definition) is 5. The summed E-state index contributed by atoms with van der Waals surface area (Å²) in [4.78, 5) is 14.6. The van der Waals surface area contributed by atoms with E-state index in [2.05, 4.69) is 43.0 Å². The van der Waals surface area contributed by atoms with Crippen molar-refractivity contribution in [2.45, 2.75) is 27.3 Å². The zero-order valence-corrected chi connectivity index (χ0v) is 18.7. The molecule has 3 aromatic carbocycles. The maximum Gasteiger partial charge on any atom is 0.336 e. The van der Waals surface area contributed by atoms with Crippen LogP contribution in [-0.4, -0.2) is 13.8 Å². The molecule has 5 rings (SSSR count). The van der Waals surface area contributed by atoms with Crippen LogP contribution in [0.1, 0.15) is 22.3 Å². The maximum atomic E-state index is 12.4. The second-order valence-corrected chi connectivity index (χ2v) is 8.39. The van der Waals surface area contributed by atoms with Gasteiger partial charge in [-0.15, -0.1) is 0 Å². The molecule has 0 unspecified atom stereocenters. The van der Waals surface area contributed by atoms with Gasteiger partial charge < -0.3 is 18.8 Å². The van der Waals surface area contributed by atoms with Crippen molar-refractivity contribution in [2.75, 3.05) is 18.7 Å². The lowest BCUT2D eigenvalue weighted by molar-refractivity contribution is 0.287. The van der Waals surface area contributed by atoms with Crippen molar-refractivity contribution in [3.05, 3.63) is 87.3 Å². The Kier molecular flexibility index (Phi) is 4.89. The lowest BCUT2D eigenvalue weighted by atomic mass is 9.96. The highest BCUT2D eigenvalue weighted by molar-refractivity contribution is 5.96. The van der Waals surface area contributed by atoms with Crippen LogP contribution in [0.2, 0.25) is 0 Å². The van der Waals surface area contributed by atoms with Crippen LogP contribution >= 0.6 is 0 Å². The fourth-order valence-electron chi connectivity index (χ4n) is 4.53. The number of ether oxygens (including phenoxy) is 2. The summed E-state index contributed by atoms with van der Waals surface area (Å²) >= 11 is 0. The van der Waals surface area contributed by atoms with E-state index in [0.29, 0.717) is 12.3 Å². The van der Waals surface area contributed by atoms with Gasteiger partial charge in [-0.2, -0.15) is 0 Å². The standard InChI is InChI=1S/C27H25NO4/c1-16-9-17(2)11-21(10-16)28-14-20-12-24-23(19-5-7-22(30-4)8-6-19)13-25(29)32-27(24)18(3)26(20)31-15-28/h5-13H,14-15H2,1-4H3. The van der Waals surface area contributed by atoms with E-state index < -0.39 is 0 Å². The number of aryl methyl sites for hydroxylation is 3. The molecule has 0 amide bonds. The van der Waals surface area contributed by atoms with E-state index in [0.717, 1.165) is 51.4 Å². The SMILES string of the molecule is COc1ccc(-c2cc(=O)oc3c(C)c4c(cc23)CN(c2cc(C)cc(C)c2)CO4)cc1. The molecule has 0 radical (unpaired) electrons. The van der Waals surface area contributed by atoms with E-state index in [1.54, 1.807) is 13.2 Å². The van der Waals surface area contributed by atoms with Crippen molar-refractivity contribution in [3.8, 4) is 22.6 Å². The highest BCUT2D eigenvalue weighted by atomic mass is 16.5. The second kappa shape index (κ2) is 7.75. The summed E-state index contributed by atoms with van der Waals surface area (Å²) in [6.45, 7) is 7.33. The first-order valence-corrected chi connectivity index (χ1v) is 10.6. The Hall–Kier alpha value is -3.73. The Labute approximate surface area is 186 Å². The molecule has 162 valence electrons. The van der Waals surface area contributed by atoms with Gasteiger partial charge in [-0.3, -0.25) is 0 Å². The van der Waals surface area contributed by atoms with Crippen LogP contribution < -0.4 is 20.0 Å². The summed E-state index contributed by atoms with van der Waals surface area (Å²) < 4.78 is 17.1. The van der Waals surface area contributed by atoms with E-state index in [1.165, 1.54) is 11.1 Å². The van der Waals surface area contributed by atoms with Gasteiger partial charge >= 0.3 is 5.63 Å². The molecule has 2 heterocycles. The molecular weight excluding hydrogens is 402 g/mol. The first kappa shape index (κ1) is 20.2.